The number of halogens is 2. The van der Waals surface area contributed by atoms with Gasteiger partial charge in [0, 0.05) is 42.4 Å². The number of amides is 1. The molecule has 0 unspecified atom stereocenters. The predicted molar refractivity (Wildman–Crippen MR) is 118 cm³/mol. The molecule has 7 heteroatoms. The Morgan fingerprint density at radius 2 is 1.97 bits per heavy atom. The van der Waals surface area contributed by atoms with Gasteiger partial charge < -0.3 is 4.90 Å². The number of carbonyl (C=O) groups excluding carboxylic acids is 1. The van der Waals surface area contributed by atoms with Gasteiger partial charge >= 0.3 is 0 Å². The molecule has 1 fully saturated rings. The van der Waals surface area contributed by atoms with Gasteiger partial charge in [-0.3, -0.25) is 9.78 Å². The van der Waals surface area contributed by atoms with E-state index in [1.165, 1.54) is 6.07 Å². The van der Waals surface area contributed by atoms with Gasteiger partial charge in [0.25, 0.3) is 5.91 Å². The Hall–Kier alpha value is -2.86. The third kappa shape index (κ3) is 4.74. The Kier molecular flexibility index (Phi) is 6.56. The molecule has 5 nitrogen and oxygen atoms in total. The molecule has 1 amide bonds. The predicted octanol–water partition coefficient (Wildman–Crippen LogP) is 5.20. The van der Waals surface area contributed by atoms with Gasteiger partial charge in [-0.25, -0.2) is 14.4 Å². The molecule has 1 aliphatic heterocycles. The summed E-state index contributed by atoms with van der Waals surface area (Å²) >= 11 is 5.94. The maximum Gasteiger partial charge on any atom is 0.257 e. The monoisotopic (exact) mass is 438 g/mol. The first-order chi connectivity index (χ1) is 15.0. The van der Waals surface area contributed by atoms with Crippen molar-refractivity contribution in [2.75, 3.05) is 6.54 Å². The lowest BCUT2D eigenvalue weighted by Gasteiger charge is -2.40. The first-order valence-electron chi connectivity index (χ1n) is 10.5. The number of aryl methyl sites for hydroxylation is 1. The van der Waals surface area contributed by atoms with Crippen LogP contribution >= 0.6 is 11.6 Å². The molecule has 0 N–H and O–H groups in total. The second kappa shape index (κ2) is 9.52. The molecule has 1 aromatic carbocycles. The van der Waals surface area contributed by atoms with Gasteiger partial charge in [0.1, 0.15) is 5.82 Å². The van der Waals surface area contributed by atoms with Crippen molar-refractivity contribution in [3.8, 4) is 11.4 Å². The molecule has 0 spiro atoms. The van der Waals surface area contributed by atoms with Gasteiger partial charge in [0.2, 0.25) is 0 Å². The van der Waals surface area contributed by atoms with E-state index in [4.69, 9.17) is 11.6 Å². The molecule has 1 aliphatic rings. The normalized spacial score (nSPS) is 18.7. The molecule has 2 atom stereocenters. The third-order valence-corrected chi connectivity index (χ3v) is 6.12. The van der Waals surface area contributed by atoms with Gasteiger partial charge in [-0.1, -0.05) is 30.7 Å². The first-order valence-corrected chi connectivity index (χ1v) is 10.9. The van der Waals surface area contributed by atoms with Crippen LogP contribution in [0.15, 0.2) is 55.0 Å². The van der Waals surface area contributed by atoms with E-state index in [-0.39, 0.29) is 17.5 Å². The Labute approximate surface area is 186 Å². The standard InChI is InChI=1S/C24H24ClFN4O/c1-16-5-3-14-30(21(16)11-10-18-9-8-17(25)15-29-18)24(31)22-19(6-2-7-20(22)26)23-27-12-4-13-28-23/h2,4,6-9,12-13,15-16,21H,3,5,10-11,14H2,1H3/t16-,21-/m1/s1. The molecular formula is C24H24ClFN4O. The van der Waals surface area contributed by atoms with E-state index in [2.05, 4.69) is 21.9 Å². The number of hydrogen-bond acceptors (Lipinski definition) is 4. The summed E-state index contributed by atoms with van der Waals surface area (Å²) in [5, 5.41) is 0.599. The molecule has 0 aliphatic carbocycles. The highest BCUT2D eigenvalue weighted by molar-refractivity contribution is 6.30. The highest BCUT2D eigenvalue weighted by atomic mass is 35.5. The number of pyridine rings is 1. The van der Waals surface area contributed by atoms with E-state index in [0.29, 0.717) is 28.9 Å². The zero-order valence-corrected chi connectivity index (χ0v) is 18.1. The van der Waals surface area contributed by atoms with Crippen molar-refractivity contribution >= 4 is 17.5 Å². The van der Waals surface area contributed by atoms with Gasteiger partial charge in [0.05, 0.1) is 10.6 Å². The largest absolute Gasteiger partial charge is 0.335 e. The van der Waals surface area contributed by atoms with Crippen LogP contribution in [0.3, 0.4) is 0 Å². The number of piperidine rings is 1. The van der Waals surface area contributed by atoms with Crippen molar-refractivity contribution in [2.45, 2.75) is 38.6 Å². The van der Waals surface area contributed by atoms with Crippen LogP contribution in [0.4, 0.5) is 4.39 Å². The minimum Gasteiger partial charge on any atom is -0.335 e. The van der Waals surface area contributed by atoms with Crippen molar-refractivity contribution < 1.29 is 9.18 Å². The SMILES string of the molecule is C[C@@H]1CCCN(C(=O)c2c(F)cccc2-c2ncccn2)[C@@H]1CCc1ccc(Cl)cn1. The minimum absolute atomic E-state index is 0.00266. The van der Waals surface area contributed by atoms with Crippen LogP contribution in [0.5, 0.6) is 0 Å². The molecule has 0 radical (unpaired) electrons. The van der Waals surface area contributed by atoms with Crippen LogP contribution < -0.4 is 0 Å². The maximum atomic E-state index is 14.9. The second-order valence-corrected chi connectivity index (χ2v) is 8.36. The molecule has 0 saturated carbocycles. The number of aromatic nitrogens is 3. The summed E-state index contributed by atoms with van der Waals surface area (Å²) in [4.78, 5) is 28.3. The van der Waals surface area contributed by atoms with E-state index in [1.807, 2.05) is 17.0 Å². The van der Waals surface area contributed by atoms with Gasteiger partial charge in [-0.05, 0) is 55.9 Å². The number of hydrogen-bond donors (Lipinski definition) is 0. The molecule has 31 heavy (non-hydrogen) atoms. The van der Waals surface area contributed by atoms with Gasteiger partial charge in [-0.2, -0.15) is 0 Å². The molecule has 4 rings (SSSR count). The van der Waals surface area contributed by atoms with Crippen LogP contribution in [0.1, 0.15) is 42.2 Å². The van der Waals surface area contributed by atoms with E-state index in [9.17, 15) is 9.18 Å². The number of likely N-dealkylation sites (tertiary alicyclic amines) is 1. The lowest BCUT2D eigenvalue weighted by molar-refractivity contribution is 0.0495. The Bertz CT molecular complexity index is 1050. The summed E-state index contributed by atoms with van der Waals surface area (Å²) in [6.45, 7) is 2.76. The van der Waals surface area contributed by atoms with Gasteiger partial charge in [0.15, 0.2) is 5.82 Å². The lowest BCUT2D eigenvalue weighted by atomic mass is 9.86. The van der Waals surface area contributed by atoms with E-state index in [1.54, 1.807) is 36.8 Å². The van der Waals surface area contributed by atoms with Crippen LogP contribution in [0.2, 0.25) is 5.02 Å². The first kappa shape index (κ1) is 21.4. The van der Waals surface area contributed by atoms with Crippen molar-refractivity contribution in [1.29, 1.82) is 0 Å². The number of carbonyl (C=O) groups is 1. The van der Waals surface area contributed by atoms with Crippen molar-refractivity contribution in [3.63, 3.8) is 0 Å². The molecule has 1 saturated heterocycles. The number of nitrogens with zero attached hydrogens (tertiary/aromatic N) is 4. The smallest absolute Gasteiger partial charge is 0.257 e. The van der Waals surface area contributed by atoms with Crippen LogP contribution in [0, 0.1) is 11.7 Å². The molecule has 3 aromatic rings. The topological polar surface area (TPSA) is 59.0 Å². The average Bonchev–Trinajstić information content (AvgIpc) is 2.79. The van der Waals surface area contributed by atoms with Gasteiger partial charge in [-0.15, -0.1) is 0 Å². The van der Waals surface area contributed by atoms with Crippen molar-refractivity contribution in [1.82, 2.24) is 19.9 Å². The second-order valence-electron chi connectivity index (χ2n) is 7.93. The van der Waals surface area contributed by atoms with Crippen LogP contribution in [-0.2, 0) is 6.42 Å². The number of rotatable bonds is 5. The zero-order valence-electron chi connectivity index (χ0n) is 17.3. The highest BCUT2D eigenvalue weighted by Crippen LogP contribution is 2.31. The van der Waals surface area contributed by atoms with E-state index >= 15 is 0 Å². The fourth-order valence-electron chi connectivity index (χ4n) is 4.30. The Morgan fingerprint density at radius 3 is 2.71 bits per heavy atom. The molecule has 3 heterocycles. The third-order valence-electron chi connectivity index (χ3n) is 5.90. The maximum absolute atomic E-state index is 14.9. The highest BCUT2D eigenvalue weighted by Gasteiger charge is 2.34. The summed E-state index contributed by atoms with van der Waals surface area (Å²) in [5.74, 6) is -0.196. The zero-order chi connectivity index (χ0) is 21.8. The van der Waals surface area contributed by atoms with Crippen molar-refractivity contribution in [3.05, 3.63) is 77.1 Å². The Morgan fingerprint density at radius 1 is 1.16 bits per heavy atom. The molecule has 2 aromatic heterocycles. The summed E-state index contributed by atoms with van der Waals surface area (Å²) in [6.07, 6.45) is 8.23. The number of benzene rings is 1. The summed E-state index contributed by atoms with van der Waals surface area (Å²) in [5.41, 5.74) is 1.39. The lowest BCUT2D eigenvalue weighted by Crippen LogP contribution is -2.48. The van der Waals surface area contributed by atoms with E-state index < -0.39 is 5.82 Å². The Balaban J connectivity index is 1.62. The molecule has 0 bridgehead atoms. The summed E-state index contributed by atoms with van der Waals surface area (Å²) in [7, 11) is 0. The molecule has 160 valence electrons. The fourth-order valence-corrected chi connectivity index (χ4v) is 4.41. The quantitative estimate of drug-likeness (QED) is 0.549. The average molecular weight is 439 g/mol. The van der Waals surface area contributed by atoms with Crippen LogP contribution in [-0.4, -0.2) is 38.3 Å². The van der Waals surface area contributed by atoms with Crippen molar-refractivity contribution in [2.24, 2.45) is 5.92 Å². The van der Waals surface area contributed by atoms with Crippen LogP contribution in [0.25, 0.3) is 11.4 Å². The minimum atomic E-state index is -0.550. The fraction of sp³-hybridized carbons (Fsp3) is 0.333. The molecular weight excluding hydrogens is 415 g/mol. The summed E-state index contributed by atoms with van der Waals surface area (Å²) in [6, 6.07) is 10.0. The summed E-state index contributed by atoms with van der Waals surface area (Å²) < 4.78 is 14.9. The van der Waals surface area contributed by atoms with E-state index in [0.717, 1.165) is 31.4 Å².